The Morgan fingerprint density at radius 3 is 2.71 bits per heavy atom. The Labute approximate surface area is 180 Å². The maximum atomic E-state index is 13.9. The third kappa shape index (κ3) is 4.91. The zero-order valence-corrected chi connectivity index (χ0v) is 17.3. The summed E-state index contributed by atoms with van der Waals surface area (Å²) in [5, 5.41) is 3.74. The van der Waals surface area contributed by atoms with E-state index in [4.69, 9.17) is 4.74 Å². The van der Waals surface area contributed by atoms with Crippen molar-refractivity contribution in [2.24, 2.45) is 0 Å². The lowest BCUT2D eigenvalue weighted by molar-refractivity contribution is -0.116. The standard InChI is InChI=1S/C25H24FN3O2/c1-2-31-19-12-10-18(11-13-19)28-24(30)8-5-6-20-21-16-17(26)9-14-22(21)29-25(20)23-7-3-4-15-27-23/h3-4,7,9-16,29H,2,5-6,8H2,1H3,(H,28,30). The minimum Gasteiger partial charge on any atom is -0.494 e. The number of pyridine rings is 1. The van der Waals surface area contributed by atoms with Crippen LogP contribution in [0.3, 0.4) is 0 Å². The van der Waals surface area contributed by atoms with Crippen molar-refractivity contribution in [3.63, 3.8) is 0 Å². The molecule has 2 N–H and O–H groups in total. The van der Waals surface area contributed by atoms with Gasteiger partial charge >= 0.3 is 0 Å². The minimum absolute atomic E-state index is 0.0606. The molecule has 0 aliphatic rings. The number of hydrogen-bond acceptors (Lipinski definition) is 3. The summed E-state index contributed by atoms with van der Waals surface area (Å²) >= 11 is 0. The van der Waals surface area contributed by atoms with Gasteiger partial charge in [-0.15, -0.1) is 0 Å². The monoisotopic (exact) mass is 417 g/mol. The van der Waals surface area contributed by atoms with Gasteiger partial charge < -0.3 is 15.0 Å². The predicted octanol–water partition coefficient (Wildman–Crippen LogP) is 5.73. The molecule has 6 heteroatoms. The summed E-state index contributed by atoms with van der Waals surface area (Å²) in [7, 11) is 0. The molecule has 0 unspecified atom stereocenters. The number of nitrogens with zero attached hydrogens (tertiary/aromatic N) is 1. The van der Waals surface area contributed by atoms with Gasteiger partial charge in [0.1, 0.15) is 11.6 Å². The number of rotatable bonds is 8. The number of carbonyl (C=O) groups is 1. The summed E-state index contributed by atoms with van der Waals surface area (Å²) < 4.78 is 19.3. The molecule has 1 amide bonds. The quantitative estimate of drug-likeness (QED) is 0.385. The Morgan fingerprint density at radius 1 is 1.13 bits per heavy atom. The number of anilines is 1. The molecule has 0 atom stereocenters. The molecule has 2 aromatic carbocycles. The Bertz CT molecular complexity index is 1170. The molecule has 0 aliphatic heterocycles. The van der Waals surface area contributed by atoms with E-state index in [2.05, 4.69) is 15.3 Å². The van der Waals surface area contributed by atoms with Crippen molar-refractivity contribution < 1.29 is 13.9 Å². The van der Waals surface area contributed by atoms with Crippen molar-refractivity contribution in [2.45, 2.75) is 26.2 Å². The topological polar surface area (TPSA) is 67.0 Å². The van der Waals surface area contributed by atoms with Crippen LogP contribution >= 0.6 is 0 Å². The van der Waals surface area contributed by atoms with Crippen LogP contribution in [-0.2, 0) is 11.2 Å². The Balaban J connectivity index is 1.46. The average Bonchev–Trinajstić information content (AvgIpc) is 3.14. The van der Waals surface area contributed by atoms with E-state index in [1.807, 2.05) is 49.4 Å². The van der Waals surface area contributed by atoms with Gasteiger partial charge in [-0.1, -0.05) is 6.07 Å². The molecule has 0 bridgehead atoms. The van der Waals surface area contributed by atoms with E-state index in [1.54, 1.807) is 12.3 Å². The lowest BCUT2D eigenvalue weighted by Gasteiger charge is -2.08. The number of aryl methyl sites for hydroxylation is 1. The highest BCUT2D eigenvalue weighted by Gasteiger charge is 2.15. The summed E-state index contributed by atoms with van der Waals surface area (Å²) in [6.45, 7) is 2.53. The van der Waals surface area contributed by atoms with E-state index in [-0.39, 0.29) is 11.7 Å². The number of H-pyrrole nitrogens is 1. The number of fused-ring (bicyclic) bond motifs is 1. The highest BCUT2D eigenvalue weighted by atomic mass is 19.1. The van der Waals surface area contributed by atoms with Crippen molar-refractivity contribution in [1.29, 1.82) is 0 Å². The Kier molecular flexibility index (Phi) is 6.26. The van der Waals surface area contributed by atoms with Crippen molar-refractivity contribution in [2.75, 3.05) is 11.9 Å². The molecule has 0 saturated heterocycles. The zero-order valence-electron chi connectivity index (χ0n) is 17.3. The fourth-order valence-electron chi connectivity index (χ4n) is 3.66. The molecule has 2 aromatic heterocycles. The second kappa shape index (κ2) is 9.43. The minimum atomic E-state index is -0.284. The first-order valence-electron chi connectivity index (χ1n) is 10.4. The van der Waals surface area contributed by atoms with Crippen LogP contribution in [0.2, 0.25) is 0 Å². The molecule has 158 valence electrons. The van der Waals surface area contributed by atoms with Crippen LogP contribution in [0.25, 0.3) is 22.3 Å². The first-order valence-corrected chi connectivity index (χ1v) is 10.4. The summed E-state index contributed by atoms with van der Waals surface area (Å²) in [5.41, 5.74) is 4.23. The Hall–Kier alpha value is -3.67. The summed E-state index contributed by atoms with van der Waals surface area (Å²) in [5.74, 6) is 0.428. The third-order valence-electron chi connectivity index (χ3n) is 5.07. The van der Waals surface area contributed by atoms with Gasteiger partial charge in [-0.05, 0) is 79.9 Å². The van der Waals surface area contributed by atoms with E-state index in [9.17, 15) is 9.18 Å². The molecule has 0 aliphatic carbocycles. The number of carbonyl (C=O) groups excluding carboxylic acids is 1. The second-order valence-corrected chi connectivity index (χ2v) is 7.24. The molecule has 4 rings (SSSR count). The third-order valence-corrected chi connectivity index (χ3v) is 5.07. The highest BCUT2D eigenvalue weighted by Crippen LogP contribution is 2.31. The second-order valence-electron chi connectivity index (χ2n) is 7.24. The molecular weight excluding hydrogens is 393 g/mol. The first kappa shape index (κ1) is 20.6. The normalized spacial score (nSPS) is 10.9. The summed E-state index contributed by atoms with van der Waals surface area (Å²) in [6.07, 6.45) is 3.35. The van der Waals surface area contributed by atoms with Gasteiger partial charge in [-0.3, -0.25) is 9.78 Å². The van der Waals surface area contributed by atoms with Gasteiger partial charge in [0, 0.05) is 29.2 Å². The number of aromatic amines is 1. The van der Waals surface area contributed by atoms with Crippen LogP contribution in [-0.4, -0.2) is 22.5 Å². The summed E-state index contributed by atoms with van der Waals surface area (Å²) in [4.78, 5) is 20.2. The van der Waals surface area contributed by atoms with E-state index in [0.29, 0.717) is 25.9 Å². The van der Waals surface area contributed by atoms with Crippen LogP contribution in [0.15, 0.2) is 66.9 Å². The lowest BCUT2D eigenvalue weighted by atomic mass is 10.0. The van der Waals surface area contributed by atoms with Crippen LogP contribution in [0, 0.1) is 5.82 Å². The van der Waals surface area contributed by atoms with Crippen LogP contribution < -0.4 is 10.1 Å². The predicted molar refractivity (Wildman–Crippen MR) is 121 cm³/mol. The molecule has 5 nitrogen and oxygen atoms in total. The SMILES string of the molecule is CCOc1ccc(NC(=O)CCCc2c(-c3ccccn3)[nH]c3ccc(F)cc23)cc1. The number of halogens is 1. The van der Waals surface area contributed by atoms with E-state index in [1.165, 1.54) is 12.1 Å². The maximum Gasteiger partial charge on any atom is 0.224 e. The van der Waals surface area contributed by atoms with Crippen LogP contribution in [0.5, 0.6) is 5.75 Å². The van der Waals surface area contributed by atoms with Crippen LogP contribution in [0.4, 0.5) is 10.1 Å². The van der Waals surface area contributed by atoms with Crippen molar-refractivity contribution in [1.82, 2.24) is 9.97 Å². The lowest BCUT2D eigenvalue weighted by Crippen LogP contribution is -2.11. The molecule has 0 radical (unpaired) electrons. The number of benzene rings is 2. The molecule has 0 fully saturated rings. The molecule has 0 spiro atoms. The largest absolute Gasteiger partial charge is 0.494 e. The average molecular weight is 417 g/mol. The van der Waals surface area contributed by atoms with E-state index in [0.717, 1.165) is 39.3 Å². The molecule has 0 saturated carbocycles. The van der Waals surface area contributed by atoms with Gasteiger partial charge in [0.05, 0.1) is 18.0 Å². The van der Waals surface area contributed by atoms with Gasteiger partial charge in [-0.25, -0.2) is 4.39 Å². The number of amides is 1. The maximum absolute atomic E-state index is 13.9. The van der Waals surface area contributed by atoms with Crippen molar-refractivity contribution >= 4 is 22.5 Å². The zero-order chi connectivity index (χ0) is 21.6. The molecule has 4 aromatic rings. The van der Waals surface area contributed by atoms with Crippen molar-refractivity contribution in [3.8, 4) is 17.1 Å². The van der Waals surface area contributed by atoms with Gasteiger partial charge in [0.25, 0.3) is 0 Å². The number of ether oxygens (including phenoxy) is 1. The van der Waals surface area contributed by atoms with Gasteiger partial charge in [0.15, 0.2) is 0 Å². The molecular formula is C25H24FN3O2. The van der Waals surface area contributed by atoms with E-state index < -0.39 is 0 Å². The fourth-order valence-corrected chi connectivity index (χ4v) is 3.66. The highest BCUT2D eigenvalue weighted by molar-refractivity contribution is 5.92. The number of hydrogen-bond donors (Lipinski definition) is 2. The fraction of sp³-hybridized carbons (Fsp3) is 0.200. The number of aromatic nitrogens is 2. The smallest absolute Gasteiger partial charge is 0.224 e. The van der Waals surface area contributed by atoms with Gasteiger partial charge in [0.2, 0.25) is 5.91 Å². The van der Waals surface area contributed by atoms with Crippen LogP contribution in [0.1, 0.15) is 25.3 Å². The van der Waals surface area contributed by atoms with Crippen molar-refractivity contribution in [3.05, 3.63) is 78.2 Å². The van der Waals surface area contributed by atoms with E-state index >= 15 is 0 Å². The Morgan fingerprint density at radius 2 is 1.97 bits per heavy atom. The summed E-state index contributed by atoms with van der Waals surface area (Å²) in [6, 6.07) is 17.7. The van der Waals surface area contributed by atoms with Gasteiger partial charge in [-0.2, -0.15) is 0 Å². The molecule has 31 heavy (non-hydrogen) atoms. The first-order chi connectivity index (χ1) is 15.1. The molecule has 2 heterocycles. The number of nitrogens with one attached hydrogen (secondary N) is 2.